The molecule has 0 spiro atoms. The number of rotatable bonds is 12. The van der Waals surface area contributed by atoms with Gasteiger partial charge in [0.15, 0.2) is 0 Å². The summed E-state index contributed by atoms with van der Waals surface area (Å²) in [6.45, 7) is 6.89. The average Bonchev–Trinajstić information content (AvgIpc) is 3.54. The number of carbonyl (C=O) groups is 2. The van der Waals surface area contributed by atoms with Gasteiger partial charge in [0.25, 0.3) is 5.91 Å². The van der Waals surface area contributed by atoms with Gasteiger partial charge in [-0.3, -0.25) is 9.59 Å². The molecule has 5 heteroatoms. The quantitative estimate of drug-likeness (QED) is 0.429. The van der Waals surface area contributed by atoms with Gasteiger partial charge < -0.3 is 14.4 Å². The maximum atomic E-state index is 13.3. The Bertz CT molecular complexity index is 881. The van der Waals surface area contributed by atoms with Gasteiger partial charge in [0.1, 0.15) is 6.54 Å². The number of amides is 2. The van der Waals surface area contributed by atoms with Gasteiger partial charge in [0.2, 0.25) is 5.91 Å². The molecule has 2 aromatic rings. The molecule has 32 heavy (non-hydrogen) atoms. The molecule has 3 rings (SSSR count). The molecule has 0 radical (unpaired) electrons. The van der Waals surface area contributed by atoms with E-state index in [-0.39, 0.29) is 24.4 Å². The lowest BCUT2D eigenvalue weighted by molar-refractivity contribution is -0.133. The molecule has 5 nitrogen and oxygen atoms in total. The van der Waals surface area contributed by atoms with Gasteiger partial charge in [-0.1, -0.05) is 38.3 Å². The van der Waals surface area contributed by atoms with Crippen molar-refractivity contribution < 1.29 is 9.59 Å². The lowest BCUT2D eigenvalue weighted by atomic mass is 10.0. The number of aryl methyl sites for hydroxylation is 2. The normalized spacial score (nSPS) is 13.4. The molecule has 2 amide bonds. The van der Waals surface area contributed by atoms with Gasteiger partial charge in [-0.2, -0.15) is 0 Å². The predicted octanol–water partition coefficient (Wildman–Crippen LogP) is 5.19. The van der Waals surface area contributed by atoms with Crippen molar-refractivity contribution in [3.8, 4) is 0 Å². The Morgan fingerprint density at radius 3 is 2.34 bits per heavy atom. The first-order chi connectivity index (χ1) is 15.4. The van der Waals surface area contributed by atoms with Gasteiger partial charge in [-0.25, -0.2) is 0 Å². The molecule has 1 aromatic carbocycles. The predicted molar refractivity (Wildman–Crippen MR) is 129 cm³/mol. The summed E-state index contributed by atoms with van der Waals surface area (Å²) in [6.07, 6.45) is 10.1. The van der Waals surface area contributed by atoms with E-state index in [4.69, 9.17) is 0 Å². The number of nitrogens with zero attached hydrogens (tertiary/aromatic N) is 3. The highest BCUT2D eigenvalue weighted by Gasteiger charge is 2.34. The lowest BCUT2D eigenvalue weighted by Gasteiger charge is -2.30. The van der Waals surface area contributed by atoms with Crippen LogP contribution in [0.2, 0.25) is 0 Å². The smallest absolute Gasteiger partial charge is 0.254 e. The van der Waals surface area contributed by atoms with Crippen molar-refractivity contribution in [2.24, 2.45) is 7.05 Å². The van der Waals surface area contributed by atoms with Crippen molar-refractivity contribution in [3.63, 3.8) is 0 Å². The van der Waals surface area contributed by atoms with Gasteiger partial charge in [0, 0.05) is 36.6 Å². The summed E-state index contributed by atoms with van der Waals surface area (Å²) in [6, 6.07) is 12.3. The molecule has 1 aliphatic carbocycles. The maximum Gasteiger partial charge on any atom is 0.254 e. The lowest BCUT2D eigenvalue weighted by Crippen LogP contribution is -2.46. The van der Waals surface area contributed by atoms with Crippen molar-refractivity contribution in [2.45, 2.75) is 84.3 Å². The number of unbranched alkanes of at least 4 members (excludes halogenated alkanes) is 3. The number of hydrogen-bond donors (Lipinski definition) is 0. The zero-order chi connectivity index (χ0) is 23.1. The van der Waals surface area contributed by atoms with E-state index in [1.54, 1.807) is 4.90 Å². The van der Waals surface area contributed by atoms with Gasteiger partial charge >= 0.3 is 0 Å². The minimum Gasteiger partial charge on any atom is -0.353 e. The summed E-state index contributed by atoms with van der Waals surface area (Å²) < 4.78 is 2.05. The van der Waals surface area contributed by atoms with Crippen LogP contribution in [0.3, 0.4) is 0 Å². The van der Waals surface area contributed by atoms with Crippen LogP contribution < -0.4 is 0 Å². The van der Waals surface area contributed by atoms with E-state index in [0.717, 1.165) is 25.0 Å². The zero-order valence-electron chi connectivity index (χ0n) is 20.2. The Kier molecular flexibility index (Phi) is 8.54. The summed E-state index contributed by atoms with van der Waals surface area (Å²) in [5, 5.41) is 0. The minimum absolute atomic E-state index is 0.0308. The van der Waals surface area contributed by atoms with Crippen molar-refractivity contribution in [1.29, 1.82) is 0 Å². The molecule has 0 unspecified atom stereocenters. The summed E-state index contributed by atoms with van der Waals surface area (Å²) in [7, 11) is 2.00. The number of benzene rings is 1. The zero-order valence-corrected chi connectivity index (χ0v) is 20.2. The molecule has 0 saturated heterocycles. The SMILES string of the molecule is CCCCCCc1ccc(C(=O)N(CC(=O)N(Cc2cccn2C)C2CC2)C(C)C)cc1. The molecule has 0 atom stereocenters. The number of hydrogen-bond acceptors (Lipinski definition) is 2. The van der Waals surface area contributed by atoms with Crippen LogP contribution >= 0.6 is 0 Å². The van der Waals surface area contributed by atoms with Crippen LogP contribution in [0.1, 0.15) is 80.9 Å². The van der Waals surface area contributed by atoms with Crippen molar-refractivity contribution in [3.05, 3.63) is 59.4 Å². The van der Waals surface area contributed by atoms with Crippen LogP contribution in [0, 0.1) is 0 Å². The second kappa shape index (κ2) is 11.3. The molecule has 1 saturated carbocycles. The van der Waals surface area contributed by atoms with Crippen molar-refractivity contribution >= 4 is 11.8 Å². The number of aromatic nitrogens is 1. The molecule has 0 N–H and O–H groups in total. The maximum absolute atomic E-state index is 13.3. The van der Waals surface area contributed by atoms with Crippen LogP contribution in [-0.4, -0.2) is 44.8 Å². The highest BCUT2D eigenvalue weighted by Crippen LogP contribution is 2.29. The van der Waals surface area contributed by atoms with Crippen molar-refractivity contribution in [1.82, 2.24) is 14.4 Å². The Balaban J connectivity index is 1.64. The molecule has 174 valence electrons. The van der Waals surface area contributed by atoms with E-state index in [2.05, 4.69) is 29.7 Å². The van der Waals surface area contributed by atoms with Gasteiger partial charge in [-0.15, -0.1) is 0 Å². The number of carbonyl (C=O) groups excluding carboxylic acids is 2. The molecule has 1 fully saturated rings. The van der Waals surface area contributed by atoms with E-state index in [1.807, 2.05) is 50.2 Å². The fourth-order valence-corrected chi connectivity index (χ4v) is 4.10. The Morgan fingerprint density at radius 2 is 1.78 bits per heavy atom. The van der Waals surface area contributed by atoms with Crippen molar-refractivity contribution in [2.75, 3.05) is 6.54 Å². The molecular formula is C27H39N3O2. The second-order valence-corrected chi connectivity index (χ2v) is 9.40. The Labute approximate surface area is 193 Å². The third-order valence-corrected chi connectivity index (χ3v) is 6.40. The summed E-state index contributed by atoms with van der Waals surface area (Å²) in [5.74, 6) is -0.0382. The first-order valence-electron chi connectivity index (χ1n) is 12.2. The van der Waals surface area contributed by atoms with Crippen LogP contribution in [0.5, 0.6) is 0 Å². The second-order valence-electron chi connectivity index (χ2n) is 9.40. The van der Waals surface area contributed by atoms with Crippen LogP contribution in [-0.2, 0) is 24.8 Å². The molecular weight excluding hydrogens is 398 g/mol. The first kappa shape index (κ1) is 24.1. The Hall–Kier alpha value is -2.56. The van der Waals surface area contributed by atoms with Crippen LogP contribution in [0.15, 0.2) is 42.6 Å². The third kappa shape index (κ3) is 6.47. The standard InChI is InChI=1S/C27H39N3O2/c1-5-6-7-8-10-22-12-14-23(15-13-22)27(32)29(21(2)3)20-26(31)30(24-16-17-24)19-25-11-9-18-28(25)4/h9,11-15,18,21,24H,5-8,10,16-17,19-20H2,1-4H3. The minimum atomic E-state index is -0.0690. The molecule has 0 bridgehead atoms. The summed E-state index contributed by atoms with van der Waals surface area (Å²) in [5.41, 5.74) is 3.04. The first-order valence-corrected chi connectivity index (χ1v) is 12.2. The monoisotopic (exact) mass is 437 g/mol. The van der Waals surface area contributed by atoms with Gasteiger partial charge in [0.05, 0.1) is 6.54 Å². The summed E-state index contributed by atoms with van der Waals surface area (Å²) >= 11 is 0. The topological polar surface area (TPSA) is 45.6 Å². The molecule has 0 aliphatic heterocycles. The van der Waals surface area contributed by atoms with E-state index in [0.29, 0.717) is 18.2 Å². The fourth-order valence-electron chi connectivity index (χ4n) is 4.10. The third-order valence-electron chi connectivity index (χ3n) is 6.40. The molecule has 1 heterocycles. The van der Waals surface area contributed by atoms with E-state index < -0.39 is 0 Å². The van der Waals surface area contributed by atoms with E-state index in [9.17, 15) is 9.59 Å². The Morgan fingerprint density at radius 1 is 1.06 bits per heavy atom. The van der Waals surface area contributed by atoms with E-state index >= 15 is 0 Å². The van der Waals surface area contributed by atoms with Crippen LogP contribution in [0.25, 0.3) is 0 Å². The molecule has 1 aromatic heterocycles. The largest absolute Gasteiger partial charge is 0.353 e. The summed E-state index contributed by atoms with van der Waals surface area (Å²) in [4.78, 5) is 30.2. The average molecular weight is 438 g/mol. The molecule has 1 aliphatic rings. The van der Waals surface area contributed by atoms with Crippen LogP contribution in [0.4, 0.5) is 0 Å². The fraction of sp³-hybridized carbons (Fsp3) is 0.556. The highest BCUT2D eigenvalue weighted by atomic mass is 16.2. The van der Waals surface area contributed by atoms with Gasteiger partial charge in [-0.05, 0) is 69.4 Å². The highest BCUT2D eigenvalue weighted by molar-refractivity contribution is 5.96. The van der Waals surface area contributed by atoms with E-state index in [1.165, 1.54) is 31.2 Å².